The Kier molecular flexibility index (Phi) is 3.47. The molecule has 1 aliphatic heterocycles. The summed E-state index contributed by atoms with van der Waals surface area (Å²) in [6.07, 6.45) is 2.16. The summed E-state index contributed by atoms with van der Waals surface area (Å²) in [6, 6.07) is 1.66. The highest BCUT2D eigenvalue weighted by Gasteiger charge is 2.47. The molecule has 0 spiro atoms. The lowest BCUT2D eigenvalue weighted by atomic mass is 9.92. The fraction of sp³-hybridized carbons (Fsp3) is 0.667. The van der Waals surface area contributed by atoms with Gasteiger partial charge in [0.25, 0.3) is 5.91 Å². The van der Waals surface area contributed by atoms with Crippen molar-refractivity contribution in [3.63, 3.8) is 0 Å². The number of hydrogen-bond donors (Lipinski definition) is 1. The van der Waals surface area contributed by atoms with Gasteiger partial charge in [-0.15, -0.1) is 0 Å². The maximum atomic E-state index is 12.4. The fourth-order valence-corrected chi connectivity index (χ4v) is 3.08. The van der Waals surface area contributed by atoms with E-state index in [1.165, 1.54) is 0 Å². The van der Waals surface area contributed by atoms with E-state index in [0.717, 1.165) is 18.5 Å². The summed E-state index contributed by atoms with van der Waals surface area (Å²) in [6.45, 7) is 4.74. The van der Waals surface area contributed by atoms with Crippen molar-refractivity contribution in [2.45, 2.75) is 32.6 Å². The van der Waals surface area contributed by atoms with Gasteiger partial charge in [-0.05, 0) is 30.6 Å². The Morgan fingerprint density at radius 1 is 1.38 bits per heavy atom. The van der Waals surface area contributed by atoms with Crippen LogP contribution < -0.4 is 0 Å². The molecule has 1 amide bonds. The van der Waals surface area contributed by atoms with Crippen LogP contribution in [0.5, 0.6) is 0 Å². The monoisotopic (exact) mass is 292 g/mol. The zero-order chi connectivity index (χ0) is 15.1. The number of aliphatic carboxylic acids is 1. The Balaban J connectivity index is 1.74. The van der Waals surface area contributed by atoms with Gasteiger partial charge in [0.1, 0.15) is 0 Å². The predicted octanol–water partition coefficient (Wildman–Crippen LogP) is 1.98. The topological polar surface area (TPSA) is 83.6 Å². The molecule has 6 heteroatoms. The van der Waals surface area contributed by atoms with Crippen LogP contribution in [0, 0.1) is 17.8 Å². The van der Waals surface area contributed by atoms with Crippen LogP contribution in [0.1, 0.15) is 48.9 Å². The van der Waals surface area contributed by atoms with Crippen molar-refractivity contribution in [2.75, 3.05) is 13.1 Å². The van der Waals surface area contributed by atoms with Crippen molar-refractivity contribution < 1.29 is 19.2 Å². The molecule has 21 heavy (non-hydrogen) atoms. The number of nitrogens with zero attached hydrogens (tertiary/aromatic N) is 2. The molecule has 0 radical (unpaired) electrons. The molecule has 1 N–H and O–H groups in total. The summed E-state index contributed by atoms with van der Waals surface area (Å²) in [5.41, 5.74) is 0.742. The third kappa shape index (κ3) is 2.66. The number of likely N-dealkylation sites (tertiary alicyclic amines) is 1. The SMILES string of the molecule is CC(C)c1cc(C(=O)N2C[C@H](C(=O)O)[C@@H](C3CC3)C2)on1. The van der Waals surface area contributed by atoms with Crippen molar-refractivity contribution in [3.05, 3.63) is 17.5 Å². The molecule has 2 heterocycles. The van der Waals surface area contributed by atoms with Crippen molar-refractivity contribution in [2.24, 2.45) is 17.8 Å². The third-order valence-corrected chi connectivity index (χ3v) is 4.53. The minimum Gasteiger partial charge on any atom is -0.481 e. The van der Waals surface area contributed by atoms with Crippen molar-refractivity contribution in [1.29, 1.82) is 0 Å². The second-order valence-electron chi connectivity index (χ2n) is 6.43. The molecular formula is C15H20N2O4. The number of carboxylic acid groups (broad SMARTS) is 1. The maximum Gasteiger partial charge on any atom is 0.308 e. The van der Waals surface area contributed by atoms with Gasteiger partial charge in [-0.2, -0.15) is 0 Å². The van der Waals surface area contributed by atoms with Crippen molar-refractivity contribution in [3.8, 4) is 0 Å². The van der Waals surface area contributed by atoms with Gasteiger partial charge in [0.2, 0.25) is 5.76 Å². The second-order valence-corrected chi connectivity index (χ2v) is 6.43. The molecule has 1 saturated carbocycles. The molecule has 1 aromatic rings. The normalized spacial score (nSPS) is 25.6. The van der Waals surface area contributed by atoms with Gasteiger partial charge in [0.05, 0.1) is 11.6 Å². The van der Waals surface area contributed by atoms with Crippen LogP contribution in [0.4, 0.5) is 0 Å². The highest BCUT2D eigenvalue weighted by atomic mass is 16.5. The highest BCUT2D eigenvalue weighted by molar-refractivity contribution is 5.92. The second kappa shape index (κ2) is 5.16. The zero-order valence-corrected chi connectivity index (χ0v) is 12.3. The van der Waals surface area contributed by atoms with Crippen LogP contribution in [0.3, 0.4) is 0 Å². The third-order valence-electron chi connectivity index (χ3n) is 4.53. The van der Waals surface area contributed by atoms with E-state index < -0.39 is 11.9 Å². The van der Waals surface area contributed by atoms with E-state index >= 15 is 0 Å². The van der Waals surface area contributed by atoms with E-state index in [-0.39, 0.29) is 30.0 Å². The van der Waals surface area contributed by atoms with Gasteiger partial charge in [-0.1, -0.05) is 19.0 Å². The first-order chi connectivity index (χ1) is 9.97. The van der Waals surface area contributed by atoms with Gasteiger partial charge in [-0.25, -0.2) is 0 Å². The standard InChI is InChI=1S/C15H20N2O4/c1-8(2)12-5-13(21-16-12)14(18)17-6-10(9-3-4-9)11(7-17)15(19)20/h5,8-11H,3-4,6-7H2,1-2H3,(H,19,20)/t10-,11+/m1/s1. The summed E-state index contributed by atoms with van der Waals surface area (Å²) >= 11 is 0. The van der Waals surface area contributed by atoms with Gasteiger partial charge in [0.15, 0.2) is 0 Å². The quantitative estimate of drug-likeness (QED) is 0.917. The van der Waals surface area contributed by atoms with Gasteiger partial charge < -0.3 is 14.5 Å². The number of rotatable bonds is 4. The summed E-state index contributed by atoms with van der Waals surface area (Å²) in [4.78, 5) is 25.4. The summed E-state index contributed by atoms with van der Waals surface area (Å²) in [7, 11) is 0. The number of carboxylic acids is 1. The van der Waals surface area contributed by atoms with Gasteiger partial charge >= 0.3 is 5.97 Å². The van der Waals surface area contributed by atoms with Crippen LogP contribution in [0.2, 0.25) is 0 Å². The molecule has 1 aliphatic carbocycles. The molecule has 0 unspecified atom stereocenters. The summed E-state index contributed by atoms with van der Waals surface area (Å²) in [5, 5.41) is 13.2. The molecule has 6 nitrogen and oxygen atoms in total. The van der Waals surface area contributed by atoms with Crippen LogP contribution >= 0.6 is 0 Å². The van der Waals surface area contributed by atoms with E-state index in [1.54, 1.807) is 11.0 Å². The Bertz CT molecular complexity index is 562. The molecule has 3 rings (SSSR count). The maximum absolute atomic E-state index is 12.4. The first-order valence-electron chi connectivity index (χ1n) is 7.46. The zero-order valence-electron chi connectivity index (χ0n) is 12.3. The average Bonchev–Trinajstić information content (AvgIpc) is 3.01. The number of carbonyl (C=O) groups is 2. The number of aromatic nitrogens is 1. The average molecular weight is 292 g/mol. The van der Waals surface area contributed by atoms with E-state index in [2.05, 4.69) is 5.16 Å². The lowest BCUT2D eigenvalue weighted by Gasteiger charge is -2.13. The van der Waals surface area contributed by atoms with E-state index in [9.17, 15) is 14.7 Å². The smallest absolute Gasteiger partial charge is 0.308 e. The van der Waals surface area contributed by atoms with E-state index in [0.29, 0.717) is 12.5 Å². The van der Waals surface area contributed by atoms with Crippen LogP contribution in [0.25, 0.3) is 0 Å². The molecule has 2 atom stereocenters. The molecular weight excluding hydrogens is 272 g/mol. The largest absolute Gasteiger partial charge is 0.481 e. The fourth-order valence-electron chi connectivity index (χ4n) is 3.08. The van der Waals surface area contributed by atoms with E-state index in [4.69, 9.17) is 4.52 Å². The Hall–Kier alpha value is -1.85. The molecule has 0 bridgehead atoms. The van der Waals surface area contributed by atoms with Crippen LogP contribution in [0.15, 0.2) is 10.6 Å². The molecule has 114 valence electrons. The number of amides is 1. The first-order valence-corrected chi connectivity index (χ1v) is 7.46. The lowest BCUT2D eigenvalue weighted by molar-refractivity contribution is -0.142. The number of carbonyl (C=O) groups excluding carboxylic acids is 1. The molecule has 1 aromatic heterocycles. The molecule has 1 saturated heterocycles. The number of hydrogen-bond acceptors (Lipinski definition) is 4. The summed E-state index contributed by atoms with van der Waals surface area (Å²) in [5.74, 6) is -0.552. The van der Waals surface area contributed by atoms with Crippen LogP contribution in [-0.2, 0) is 4.79 Å². The Morgan fingerprint density at radius 2 is 2.10 bits per heavy atom. The van der Waals surface area contributed by atoms with Gasteiger partial charge in [-0.3, -0.25) is 9.59 Å². The Labute approximate surface area is 123 Å². The molecule has 2 aliphatic rings. The van der Waals surface area contributed by atoms with E-state index in [1.807, 2.05) is 13.8 Å². The van der Waals surface area contributed by atoms with Crippen molar-refractivity contribution >= 4 is 11.9 Å². The lowest BCUT2D eigenvalue weighted by Crippen LogP contribution is -2.29. The summed E-state index contributed by atoms with van der Waals surface area (Å²) < 4.78 is 5.12. The minimum absolute atomic E-state index is 0.0824. The first kappa shape index (κ1) is 14.1. The molecule has 0 aromatic carbocycles. The van der Waals surface area contributed by atoms with Crippen molar-refractivity contribution in [1.82, 2.24) is 10.1 Å². The highest BCUT2D eigenvalue weighted by Crippen LogP contribution is 2.44. The minimum atomic E-state index is -0.803. The van der Waals surface area contributed by atoms with Crippen LogP contribution in [-0.4, -0.2) is 40.1 Å². The van der Waals surface area contributed by atoms with Gasteiger partial charge in [0, 0.05) is 19.2 Å². The Morgan fingerprint density at radius 3 is 2.62 bits per heavy atom. The predicted molar refractivity (Wildman–Crippen MR) is 73.8 cm³/mol. The molecule has 2 fully saturated rings.